The van der Waals surface area contributed by atoms with Crippen LogP contribution in [0, 0.1) is 0 Å². The van der Waals surface area contributed by atoms with Crippen LogP contribution in [0.1, 0.15) is 36.3 Å². The molecule has 1 aromatic heterocycles. The minimum atomic E-state index is 0.0767. The first-order chi connectivity index (χ1) is 5.27. The second-order valence-electron chi connectivity index (χ2n) is 2.40. The number of rotatable bonds is 3. The third-order valence-electron chi connectivity index (χ3n) is 1.54. The number of nitrogens with zero attached hydrogens (tertiary/aromatic N) is 2. The van der Waals surface area contributed by atoms with Crippen molar-refractivity contribution >= 4 is 11.3 Å². The average molecular weight is 171 g/mol. The van der Waals surface area contributed by atoms with Crippen LogP contribution in [0.25, 0.3) is 0 Å². The van der Waals surface area contributed by atoms with Crippen molar-refractivity contribution in [1.29, 1.82) is 0 Å². The summed E-state index contributed by atoms with van der Waals surface area (Å²) < 4.78 is 0. The van der Waals surface area contributed by atoms with Gasteiger partial charge in [0.2, 0.25) is 0 Å². The van der Waals surface area contributed by atoms with Gasteiger partial charge in [0.15, 0.2) is 0 Å². The molecule has 0 fully saturated rings. The van der Waals surface area contributed by atoms with Crippen molar-refractivity contribution in [3.63, 3.8) is 0 Å². The van der Waals surface area contributed by atoms with Crippen molar-refractivity contribution in [2.45, 2.75) is 32.7 Å². The topological polar surface area (TPSA) is 51.8 Å². The Hall–Kier alpha value is -0.480. The Balaban J connectivity index is 2.71. The van der Waals surface area contributed by atoms with E-state index >= 15 is 0 Å². The van der Waals surface area contributed by atoms with Crippen LogP contribution in [0.15, 0.2) is 0 Å². The zero-order chi connectivity index (χ0) is 8.27. The fraction of sp³-hybridized carbons (Fsp3) is 0.714. The molecule has 0 saturated carbocycles. The van der Waals surface area contributed by atoms with Crippen LogP contribution in [-0.4, -0.2) is 10.2 Å². The van der Waals surface area contributed by atoms with Crippen LogP contribution in [-0.2, 0) is 6.42 Å². The quantitative estimate of drug-likeness (QED) is 0.750. The normalized spacial score (nSPS) is 13.4. The molecule has 1 aromatic rings. The van der Waals surface area contributed by atoms with Crippen LogP contribution in [0.3, 0.4) is 0 Å². The molecule has 3 nitrogen and oxygen atoms in total. The van der Waals surface area contributed by atoms with Gasteiger partial charge in [-0.15, -0.1) is 10.2 Å². The van der Waals surface area contributed by atoms with Gasteiger partial charge in [0.05, 0.1) is 6.04 Å². The summed E-state index contributed by atoms with van der Waals surface area (Å²) in [6, 6.07) is 0.0767. The summed E-state index contributed by atoms with van der Waals surface area (Å²) in [5.74, 6) is 0. The summed E-state index contributed by atoms with van der Waals surface area (Å²) in [4.78, 5) is 0. The molecule has 1 atom stereocenters. The van der Waals surface area contributed by atoms with E-state index in [0.717, 1.165) is 22.9 Å². The lowest BCUT2D eigenvalue weighted by Gasteiger charge is -2.00. The Bertz CT molecular complexity index is 221. The minimum Gasteiger partial charge on any atom is -0.322 e. The van der Waals surface area contributed by atoms with Gasteiger partial charge in [-0.05, 0) is 12.8 Å². The van der Waals surface area contributed by atoms with Crippen molar-refractivity contribution in [2.24, 2.45) is 5.73 Å². The van der Waals surface area contributed by atoms with E-state index in [1.54, 1.807) is 11.3 Å². The van der Waals surface area contributed by atoms with E-state index in [4.69, 9.17) is 5.73 Å². The molecule has 11 heavy (non-hydrogen) atoms. The molecule has 0 bridgehead atoms. The second-order valence-corrected chi connectivity index (χ2v) is 3.50. The highest BCUT2D eigenvalue weighted by molar-refractivity contribution is 7.11. The largest absolute Gasteiger partial charge is 0.322 e. The van der Waals surface area contributed by atoms with Crippen LogP contribution < -0.4 is 5.73 Å². The zero-order valence-corrected chi connectivity index (χ0v) is 7.69. The highest BCUT2D eigenvalue weighted by Gasteiger charge is 2.08. The van der Waals surface area contributed by atoms with Crippen LogP contribution in [0.5, 0.6) is 0 Å². The van der Waals surface area contributed by atoms with Gasteiger partial charge >= 0.3 is 0 Å². The first-order valence-electron chi connectivity index (χ1n) is 3.85. The monoisotopic (exact) mass is 171 g/mol. The number of hydrogen-bond acceptors (Lipinski definition) is 4. The van der Waals surface area contributed by atoms with E-state index in [0.29, 0.717) is 0 Å². The Morgan fingerprint density at radius 2 is 2.18 bits per heavy atom. The van der Waals surface area contributed by atoms with Crippen LogP contribution in [0.2, 0.25) is 0 Å². The molecule has 0 aliphatic heterocycles. The highest BCUT2D eigenvalue weighted by atomic mass is 32.1. The van der Waals surface area contributed by atoms with E-state index in [-0.39, 0.29) is 6.04 Å². The summed E-state index contributed by atoms with van der Waals surface area (Å²) in [5, 5.41) is 10.0. The highest BCUT2D eigenvalue weighted by Crippen LogP contribution is 2.18. The molecule has 0 aliphatic carbocycles. The standard InChI is InChI=1S/C7H13N3S/c1-3-5(8)7-10-9-6(4-2)11-7/h5H,3-4,8H2,1-2H3. The predicted molar refractivity (Wildman–Crippen MR) is 46.5 cm³/mol. The Labute approximate surface area is 70.6 Å². The Morgan fingerprint density at radius 1 is 1.45 bits per heavy atom. The Kier molecular flexibility index (Phi) is 2.96. The molecule has 1 rings (SSSR count). The van der Waals surface area contributed by atoms with E-state index < -0.39 is 0 Å². The van der Waals surface area contributed by atoms with Crippen molar-refractivity contribution in [3.8, 4) is 0 Å². The molecular formula is C7H13N3S. The van der Waals surface area contributed by atoms with Gasteiger partial charge in [0.25, 0.3) is 0 Å². The van der Waals surface area contributed by atoms with Gasteiger partial charge in [0, 0.05) is 0 Å². The molecule has 0 spiro atoms. The molecular weight excluding hydrogens is 158 g/mol. The molecule has 0 radical (unpaired) electrons. The van der Waals surface area contributed by atoms with Gasteiger partial charge in [-0.1, -0.05) is 25.2 Å². The fourth-order valence-corrected chi connectivity index (χ4v) is 1.60. The van der Waals surface area contributed by atoms with Crippen molar-refractivity contribution in [2.75, 3.05) is 0 Å². The number of nitrogens with two attached hydrogens (primary N) is 1. The summed E-state index contributed by atoms with van der Waals surface area (Å²) in [6.07, 6.45) is 1.88. The smallest absolute Gasteiger partial charge is 0.134 e. The maximum atomic E-state index is 5.77. The SMILES string of the molecule is CCc1nnc(C(N)CC)s1. The molecule has 4 heteroatoms. The van der Waals surface area contributed by atoms with E-state index in [9.17, 15) is 0 Å². The van der Waals surface area contributed by atoms with Crippen LogP contribution >= 0.6 is 11.3 Å². The third kappa shape index (κ3) is 1.97. The van der Waals surface area contributed by atoms with E-state index in [1.807, 2.05) is 0 Å². The fourth-order valence-electron chi connectivity index (χ4n) is 0.734. The third-order valence-corrected chi connectivity index (χ3v) is 2.74. The van der Waals surface area contributed by atoms with Crippen molar-refractivity contribution in [1.82, 2.24) is 10.2 Å². The van der Waals surface area contributed by atoms with Gasteiger partial charge in [-0.3, -0.25) is 0 Å². The summed E-state index contributed by atoms with van der Waals surface area (Å²) in [7, 11) is 0. The lowest BCUT2D eigenvalue weighted by Crippen LogP contribution is -2.07. The number of aryl methyl sites for hydroxylation is 1. The van der Waals surface area contributed by atoms with E-state index in [2.05, 4.69) is 24.0 Å². The molecule has 0 aliphatic rings. The average Bonchev–Trinajstić information content (AvgIpc) is 2.50. The molecule has 0 amide bonds. The van der Waals surface area contributed by atoms with E-state index in [1.165, 1.54) is 0 Å². The van der Waals surface area contributed by atoms with Gasteiger partial charge in [0.1, 0.15) is 10.0 Å². The summed E-state index contributed by atoms with van der Waals surface area (Å²) in [5.41, 5.74) is 5.77. The predicted octanol–water partition coefficient (Wildman–Crippen LogP) is 1.51. The molecule has 62 valence electrons. The maximum Gasteiger partial charge on any atom is 0.134 e. The van der Waals surface area contributed by atoms with Gasteiger partial charge < -0.3 is 5.73 Å². The zero-order valence-electron chi connectivity index (χ0n) is 6.87. The first-order valence-corrected chi connectivity index (χ1v) is 4.67. The second kappa shape index (κ2) is 3.78. The molecule has 2 N–H and O–H groups in total. The minimum absolute atomic E-state index is 0.0767. The Morgan fingerprint density at radius 3 is 2.64 bits per heavy atom. The van der Waals surface area contributed by atoms with Crippen LogP contribution in [0.4, 0.5) is 0 Å². The summed E-state index contributed by atoms with van der Waals surface area (Å²) in [6.45, 7) is 4.12. The summed E-state index contributed by atoms with van der Waals surface area (Å²) >= 11 is 1.62. The maximum absolute atomic E-state index is 5.77. The molecule has 1 unspecified atom stereocenters. The van der Waals surface area contributed by atoms with Gasteiger partial charge in [-0.25, -0.2) is 0 Å². The van der Waals surface area contributed by atoms with Crippen molar-refractivity contribution in [3.05, 3.63) is 10.0 Å². The molecule has 0 aromatic carbocycles. The number of hydrogen-bond donors (Lipinski definition) is 1. The number of aromatic nitrogens is 2. The lowest BCUT2D eigenvalue weighted by molar-refractivity contribution is 0.681. The lowest BCUT2D eigenvalue weighted by atomic mass is 10.3. The van der Waals surface area contributed by atoms with Gasteiger partial charge in [-0.2, -0.15) is 0 Å². The molecule has 1 heterocycles. The van der Waals surface area contributed by atoms with Crippen molar-refractivity contribution < 1.29 is 0 Å². The first kappa shape index (κ1) is 8.62. The molecule has 0 saturated heterocycles.